The van der Waals surface area contributed by atoms with E-state index in [1.165, 1.54) is 6.07 Å². The zero-order valence-corrected chi connectivity index (χ0v) is 12.3. The summed E-state index contributed by atoms with van der Waals surface area (Å²) in [5, 5.41) is 6.93. The summed E-state index contributed by atoms with van der Waals surface area (Å²) in [4.78, 5) is 0.114. The molecule has 1 aromatic heterocycles. The van der Waals surface area contributed by atoms with Crippen LogP contribution >= 0.6 is 11.6 Å². The topological polar surface area (TPSA) is 76.3 Å². The smallest absolute Gasteiger partial charge is 0.287 e. The number of anilines is 1. The number of nitrogens with one attached hydrogen (secondary N) is 1. The van der Waals surface area contributed by atoms with Gasteiger partial charge in [-0.15, -0.1) is 4.40 Å². The Morgan fingerprint density at radius 2 is 2.05 bits per heavy atom. The zero-order chi connectivity index (χ0) is 14.5. The average molecular weight is 311 g/mol. The van der Waals surface area contributed by atoms with Crippen LogP contribution in [0.25, 0.3) is 11.1 Å². The number of aromatic nitrogens is 2. The van der Waals surface area contributed by atoms with Gasteiger partial charge >= 0.3 is 0 Å². The first-order valence-corrected chi connectivity index (χ1v) is 7.61. The summed E-state index contributed by atoms with van der Waals surface area (Å²) in [5.74, 6) is 0. The Balaban J connectivity index is 2.30. The van der Waals surface area contributed by atoms with Gasteiger partial charge < -0.3 is 5.32 Å². The Morgan fingerprint density at radius 1 is 1.30 bits per heavy atom. The molecule has 0 saturated carbocycles. The van der Waals surface area contributed by atoms with Gasteiger partial charge in [0.05, 0.1) is 11.4 Å². The highest BCUT2D eigenvalue weighted by atomic mass is 35.5. The lowest BCUT2D eigenvalue weighted by Crippen LogP contribution is -2.17. The van der Waals surface area contributed by atoms with Crippen molar-refractivity contribution in [2.75, 3.05) is 5.32 Å². The van der Waals surface area contributed by atoms with E-state index >= 15 is 0 Å². The van der Waals surface area contributed by atoms with E-state index in [0.29, 0.717) is 5.69 Å². The molecule has 0 spiro atoms. The molecular formula is C12H11ClN4O2S. The zero-order valence-electron chi connectivity index (χ0n) is 10.8. The number of benzene rings is 1. The third-order valence-electron chi connectivity index (χ3n) is 3.04. The summed E-state index contributed by atoms with van der Waals surface area (Å²) < 4.78 is 29.2. The van der Waals surface area contributed by atoms with Gasteiger partial charge in [-0.1, -0.05) is 12.1 Å². The number of amidine groups is 1. The second-order valence-electron chi connectivity index (χ2n) is 4.46. The monoisotopic (exact) mass is 310 g/mol. The number of fused-ring (bicyclic) bond motifs is 1. The maximum Gasteiger partial charge on any atom is 0.287 e. The van der Waals surface area contributed by atoms with E-state index in [1.807, 2.05) is 26.2 Å². The first-order valence-electron chi connectivity index (χ1n) is 5.79. The molecule has 0 radical (unpaired) electrons. The largest absolute Gasteiger partial charge is 0.328 e. The van der Waals surface area contributed by atoms with Crippen LogP contribution in [0.2, 0.25) is 0 Å². The van der Waals surface area contributed by atoms with E-state index in [2.05, 4.69) is 14.8 Å². The number of nitrogens with zero attached hydrogens (tertiary/aromatic N) is 3. The number of hydrogen-bond donors (Lipinski definition) is 1. The summed E-state index contributed by atoms with van der Waals surface area (Å²) in [5.41, 5.74) is 2.81. The van der Waals surface area contributed by atoms with Crippen molar-refractivity contribution in [2.24, 2.45) is 11.4 Å². The van der Waals surface area contributed by atoms with E-state index < -0.39 is 10.0 Å². The number of hydrogen-bond acceptors (Lipinski definition) is 4. The van der Waals surface area contributed by atoms with E-state index in [-0.39, 0.29) is 10.2 Å². The van der Waals surface area contributed by atoms with Crippen LogP contribution in [0.4, 0.5) is 5.69 Å². The standard InChI is InChI=1S/C12H11ClN4O2S/c1-7-9(6-17(2)15-7)8-4-3-5-10-11(8)14-12(13)16-20(10,18)19/h3-6H,1-2H3,(H,14,16). The lowest BCUT2D eigenvalue weighted by atomic mass is 10.0. The number of halogens is 1. The number of para-hydroxylation sites is 1. The molecule has 2 heterocycles. The quantitative estimate of drug-likeness (QED) is 0.818. The Bertz CT molecular complexity index is 839. The van der Waals surface area contributed by atoms with Gasteiger partial charge in [0, 0.05) is 24.4 Å². The summed E-state index contributed by atoms with van der Waals surface area (Å²) in [7, 11) is -1.95. The molecule has 8 heteroatoms. The van der Waals surface area contributed by atoms with Crippen LogP contribution in [0.3, 0.4) is 0 Å². The Morgan fingerprint density at radius 3 is 2.70 bits per heavy atom. The SMILES string of the molecule is Cc1nn(C)cc1-c1cccc2c1NC(Cl)=NS2(=O)=O. The first-order chi connectivity index (χ1) is 9.38. The Labute approximate surface area is 121 Å². The molecular weight excluding hydrogens is 300 g/mol. The second-order valence-corrected chi connectivity index (χ2v) is 6.39. The molecule has 3 rings (SSSR count). The van der Waals surface area contributed by atoms with Crippen molar-refractivity contribution >= 4 is 32.6 Å². The molecule has 1 aliphatic rings. The van der Waals surface area contributed by atoms with E-state index in [9.17, 15) is 8.42 Å². The average Bonchev–Trinajstić information content (AvgIpc) is 2.66. The predicted octanol–water partition coefficient (Wildman–Crippen LogP) is 2.10. The minimum Gasteiger partial charge on any atom is -0.328 e. The number of aryl methyl sites for hydroxylation is 2. The highest BCUT2D eigenvalue weighted by Crippen LogP contribution is 2.37. The minimum absolute atomic E-state index is 0.114. The third-order valence-corrected chi connectivity index (χ3v) is 4.63. The van der Waals surface area contributed by atoms with Crippen molar-refractivity contribution in [1.29, 1.82) is 0 Å². The van der Waals surface area contributed by atoms with Crippen LogP contribution in [0.5, 0.6) is 0 Å². The fourth-order valence-electron chi connectivity index (χ4n) is 2.24. The summed E-state index contributed by atoms with van der Waals surface area (Å²) in [6.07, 6.45) is 1.83. The van der Waals surface area contributed by atoms with Crippen molar-refractivity contribution in [2.45, 2.75) is 11.8 Å². The molecule has 0 saturated heterocycles. The van der Waals surface area contributed by atoms with Gasteiger partial charge in [0.25, 0.3) is 10.0 Å². The molecule has 0 atom stereocenters. The normalized spacial score (nSPS) is 16.2. The van der Waals surface area contributed by atoms with Gasteiger partial charge in [0.1, 0.15) is 4.90 Å². The third kappa shape index (κ3) is 1.99. The molecule has 6 nitrogen and oxygen atoms in total. The van der Waals surface area contributed by atoms with Crippen LogP contribution < -0.4 is 5.32 Å². The van der Waals surface area contributed by atoms with Crippen LogP contribution in [-0.4, -0.2) is 23.5 Å². The molecule has 1 aliphatic heterocycles. The molecule has 1 N–H and O–H groups in total. The van der Waals surface area contributed by atoms with Crippen LogP contribution in [0.1, 0.15) is 5.69 Å². The highest BCUT2D eigenvalue weighted by Gasteiger charge is 2.27. The Kier molecular flexibility index (Phi) is 2.84. The summed E-state index contributed by atoms with van der Waals surface area (Å²) >= 11 is 5.77. The first kappa shape index (κ1) is 13.1. The lowest BCUT2D eigenvalue weighted by molar-refractivity contribution is 0.598. The minimum atomic E-state index is -3.76. The number of rotatable bonds is 1. The van der Waals surface area contributed by atoms with E-state index in [0.717, 1.165) is 16.8 Å². The Hall–Kier alpha value is -1.86. The van der Waals surface area contributed by atoms with Gasteiger partial charge in [-0.05, 0) is 24.6 Å². The van der Waals surface area contributed by atoms with Gasteiger partial charge in [-0.3, -0.25) is 4.68 Å². The molecule has 0 fully saturated rings. The maximum absolute atomic E-state index is 12.0. The van der Waals surface area contributed by atoms with Crippen LogP contribution in [0, 0.1) is 6.92 Å². The van der Waals surface area contributed by atoms with Gasteiger partial charge in [-0.25, -0.2) is 0 Å². The lowest BCUT2D eigenvalue weighted by Gasteiger charge is -2.18. The molecule has 20 heavy (non-hydrogen) atoms. The van der Waals surface area contributed by atoms with Crippen molar-refractivity contribution < 1.29 is 8.42 Å². The fraction of sp³-hybridized carbons (Fsp3) is 0.167. The van der Waals surface area contributed by atoms with Gasteiger partial charge in [-0.2, -0.15) is 13.5 Å². The predicted molar refractivity (Wildman–Crippen MR) is 77.5 cm³/mol. The van der Waals surface area contributed by atoms with Crippen LogP contribution in [-0.2, 0) is 17.1 Å². The maximum atomic E-state index is 12.0. The van der Waals surface area contributed by atoms with Crippen molar-refractivity contribution in [3.8, 4) is 11.1 Å². The van der Waals surface area contributed by atoms with Gasteiger partial charge in [0.15, 0.2) is 0 Å². The molecule has 104 valence electrons. The molecule has 0 amide bonds. The van der Waals surface area contributed by atoms with E-state index in [1.54, 1.807) is 10.7 Å². The summed E-state index contributed by atoms with van der Waals surface area (Å²) in [6, 6.07) is 5.00. The fourth-order valence-corrected chi connectivity index (χ4v) is 3.64. The van der Waals surface area contributed by atoms with Crippen LogP contribution in [0.15, 0.2) is 33.7 Å². The highest BCUT2D eigenvalue weighted by molar-refractivity contribution is 7.90. The van der Waals surface area contributed by atoms with E-state index in [4.69, 9.17) is 11.6 Å². The molecule has 0 unspecified atom stereocenters. The van der Waals surface area contributed by atoms with Gasteiger partial charge in [0.2, 0.25) is 5.29 Å². The molecule has 0 bridgehead atoms. The summed E-state index contributed by atoms with van der Waals surface area (Å²) in [6.45, 7) is 1.86. The van der Waals surface area contributed by atoms with Crippen molar-refractivity contribution in [1.82, 2.24) is 9.78 Å². The second kappa shape index (κ2) is 4.32. The molecule has 1 aromatic carbocycles. The van der Waals surface area contributed by atoms with Crippen molar-refractivity contribution in [3.63, 3.8) is 0 Å². The molecule has 2 aromatic rings. The molecule has 0 aliphatic carbocycles. The van der Waals surface area contributed by atoms with Crippen molar-refractivity contribution in [3.05, 3.63) is 30.1 Å². The number of sulfonamides is 1.